The third kappa shape index (κ3) is 2.79. The van der Waals surface area contributed by atoms with E-state index in [1.807, 2.05) is 30.3 Å². The molecule has 0 bridgehead atoms. The number of carbonyl (C=O) groups is 1. The van der Waals surface area contributed by atoms with Gasteiger partial charge in [0.05, 0.1) is 6.61 Å². The first-order valence-electron chi connectivity index (χ1n) is 5.38. The minimum absolute atomic E-state index is 0.101. The Labute approximate surface area is 98.0 Å². The molecule has 0 unspecified atom stereocenters. The molecule has 0 aliphatic carbocycles. The van der Waals surface area contributed by atoms with Crippen LogP contribution in [0.25, 0.3) is 0 Å². The van der Waals surface area contributed by atoms with E-state index in [2.05, 4.69) is 0 Å². The highest BCUT2D eigenvalue weighted by molar-refractivity contribution is 5.78. The number of ether oxygens (including phenoxy) is 1. The highest BCUT2D eigenvalue weighted by Crippen LogP contribution is 2.18. The Morgan fingerprint density at radius 2 is 2.06 bits per heavy atom. The van der Waals surface area contributed by atoms with Crippen LogP contribution in [-0.4, -0.2) is 36.5 Å². The van der Waals surface area contributed by atoms with Gasteiger partial charge in [0.15, 0.2) is 0 Å². The van der Waals surface area contributed by atoms with Crippen molar-refractivity contribution in [1.29, 1.82) is 0 Å². The second kappa shape index (κ2) is 5.23. The Bertz CT molecular complexity index is 383. The number of carbonyl (C=O) groups excluding carboxylic acids is 1. The summed E-state index contributed by atoms with van der Waals surface area (Å²) in [6.45, 7) is -0.00959. The predicted octanol–water partition coefficient (Wildman–Crippen LogP) is 1.68. The Morgan fingerprint density at radius 3 is 2.71 bits per heavy atom. The number of hydrogen-bond acceptors (Lipinski definition) is 2. The zero-order valence-corrected chi connectivity index (χ0v) is 9.18. The van der Waals surface area contributed by atoms with Gasteiger partial charge >= 0.3 is 0 Å². The van der Waals surface area contributed by atoms with E-state index in [1.54, 1.807) is 0 Å². The molecule has 1 aliphatic heterocycles. The van der Waals surface area contributed by atoms with Crippen LogP contribution in [0.3, 0.4) is 0 Å². The lowest BCUT2D eigenvalue weighted by molar-refractivity contribution is -0.157. The lowest BCUT2D eigenvalue weighted by Gasteiger charge is -2.34. The molecule has 0 aromatic heterocycles. The van der Waals surface area contributed by atoms with Crippen LogP contribution in [0, 0.1) is 0 Å². The van der Waals surface area contributed by atoms with E-state index in [4.69, 9.17) is 4.74 Å². The molecule has 0 N–H and O–H groups in total. The maximum Gasteiger partial charge on any atom is 0.260 e. The van der Waals surface area contributed by atoms with E-state index in [0.717, 1.165) is 5.56 Å². The van der Waals surface area contributed by atoms with E-state index >= 15 is 0 Å². The van der Waals surface area contributed by atoms with E-state index in [-0.39, 0.29) is 25.7 Å². The molecule has 5 heteroatoms. The standard InChI is InChI=1S/C12H13F2NO2/c13-12(14)10-7-17-8-11(16)15(10)6-9-4-2-1-3-5-9/h1-5,10,12H,6-8H2/t10-/m0/s1. The smallest absolute Gasteiger partial charge is 0.260 e. The second-order valence-corrected chi connectivity index (χ2v) is 3.92. The monoisotopic (exact) mass is 241 g/mol. The van der Waals surface area contributed by atoms with Gasteiger partial charge in [-0.15, -0.1) is 0 Å². The van der Waals surface area contributed by atoms with Crippen molar-refractivity contribution in [3.05, 3.63) is 35.9 Å². The Kier molecular flexibility index (Phi) is 3.68. The van der Waals surface area contributed by atoms with E-state index < -0.39 is 12.5 Å². The average Bonchev–Trinajstić information content (AvgIpc) is 2.33. The van der Waals surface area contributed by atoms with E-state index in [0.29, 0.717) is 0 Å². The van der Waals surface area contributed by atoms with Gasteiger partial charge in [-0.25, -0.2) is 8.78 Å². The molecule has 92 valence electrons. The van der Waals surface area contributed by atoms with Crippen molar-refractivity contribution in [3.63, 3.8) is 0 Å². The van der Waals surface area contributed by atoms with Gasteiger partial charge in [-0.3, -0.25) is 4.79 Å². The largest absolute Gasteiger partial charge is 0.369 e. The zero-order valence-electron chi connectivity index (χ0n) is 9.18. The van der Waals surface area contributed by atoms with Crippen molar-refractivity contribution < 1.29 is 18.3 Å². The summed E-state index contributed by atoms with van der Waals surface area (Å²) in [6.07, 6.45) is -2.58. The van der Waals surface area contributed by atoms with Crippen molar-refractivity contribution in [2.45, 2.75) is 19.0 Å². The van der Waals surface area contributed by atoms with E-state index in [1.165, 1.54) is 4.90 Å². The zero-order chi connectivity index (χ0) is 12.3. The van der Waals surface area contributed by atoms with Crippen LogP contribution in [0.2, 0.25) is 0 Å². The number of benzene rings is 1. The lowest BCUT2D eigenvalue weighted by atomic mass is 10.1. The molecule has 0 radical (unpaired) electrons. The predicted molar refractivity (Wildman–Crippen MR) is 57.6 cm³/mol. The topological polar surface area (TPSA) is 29.5 Å². The van der Waals surface area contributed by atoms with Crippen LogP contribution in [0.5, 0.6) is 0 Å². The Hall–Kier alpha value is -1.49. The summed E-state index contributed by atoms with van der Waals surface area (Å²) in [4.78, 5) is 12.8. The molecule has 1 amide bonds. The molecular formula is C12H13F2NO2. The number of rotatable bonds is 3. The number of amides is 1. The first-order valence-corrected chi connectivity index (χ1v) is 5.38. The number of morpholine rings is 1. The molecule has 1 aromatic carbocycles. The Balaban J connectivity index is 2.12. The summed E-state index contributed by atoms with van der Waals surface area (Å²) in [6, 6.07) is 7.96. The summed E-state index contributed by atoms with van der Waals surface area (Å²) in [5, 5.41) is 0. The van der Waals surface area contributed by atoms with Crippen molar-refractivity contribution in [3.8, 4) is 0 Å². The van der Waals surface area contributed by atoms with Crippen molar-refractivity contribution >= 4 is 5.91 Å². The molecule has 1 saturated heterocycles. The summed E-state index contributed by atoms with van der Waals surface area (Å²) >= 11 is 0. The minimum atomic E-state index is -2.58. The summed E-state index contributed by atoms with van der Waals surface area (Å²) in [7, 11) is 0. The summed E-state index contributed by atoms with van der Waals surface area (Å²) in [5.41, 5.74) is 0.841. The SMILES string of the molecule is O=C1COC[C@@H](C(F)F)N1Cc1ccccc1. The van der Waals surface area contributed by atoms with Crippen molar-refractivity contribution in [2.24, 2.45) is 0 Å². The van der Waals surface area contributed by atoms with Gasteiger partial charge < -0.3 is 9.64 Å². The summed E-state index contributed by atoms with van der Waals surface area (Å²) < 4.78 is 30.4. The van der Waals surface area contributed by atoms with Gasteiger partial charge in [-0.2, -0.15) is 0 Å². The van der Waals surface area contributed by atoms with Crippen LogP contribution >= 0.6 is 0 Å². The van der Waals surface area contributed by atoms with Gasteiger partial charge in [0, 0.05) is 6.54 Å². The van der Waals surface area contributed by atoms with Gasteiger partial charge in [0.2, 0.25) is 5.91 Å². The minimum Gasteiger partial charge on any atom is -0.369 e. The number of hydrogen-bond donors (Lipinski definition) is 0. The van der Waals surface area contributed by atoms with Crippen molar-refractivity contribution in [1.82, 2.24) is 4.90 Å². The Morgan fingerprint density at radius 1 is 1.35 bits per heavy atom. The maximum atomic E-state index is 12.8. The number of halogens is 2. The molecule has 2 rings (SSSR count). The first kappa shape index (κ1) is 12.0. The molecule has 1 atom stereocenters. The molecule has 0 spiro atoms. The van der Waals surface area contributed by atoms with Crippen molar-refractivity contribution in [2.75, 3.05) is 13.2 Å². The highest BCUT2D eigenvalue weighted by Gasteiger charge is 2.34. The van der Waals surface area contributed by atoms with Gasteiger partial charge in [0.25, 0.3) is 6.43 Å². The molecular weight excluding hydrogens is 228 g/mol. The molecule has 1 aromatic rings. The number of alkyl halides is 2. The fourth-order valence-electron chi connectivity index (χ4n) is 1.82. The van der Waals surface area contributed by atoms with Crippen LogP contribution in [0.4, 0.5) is 8.78 Å². The highest BCUT2D eigenvalue weighted by atomic mass is 19.3. The fraction of sp³-hybridized carbons (Fsp3) is 0.417. The van der Waals surface area contributed by atoms with Crippen LogP contribution in [0.15, 0.2) is 30.3 Å². The average molecular weight is 241 g/mol. The third-order valence-corrected chi connectivity index (χ3v) is 2.72. The third-order valence-electron chi connectivity index (χ3n) is 2.72. The van der Waals surface area contributed by atoms with Gasteiger partial charge in [0.1, 0.15) is 12.6 Å². The molecule has 17 heavy (non-hydrogen) atoms. The van der Waals surface area contributed by atoms with Crippen LogP contribution in [0.1, 0.15) is 5.56 Å². The molecule has 1 aliphatic rings. The van der Waals surface area contributed by atoms with E-state index in [9.17, 15) is 13.6 Å². The second-order valence-electron chi connectivity index (χ2n) is 3.92. The quantitative estimate of drug-likeness (QED) is 0.805. The summed E-state index contributed by atoms with van der Waals surface area (Å²) in [5.74, 6) is -0.384. The lowest BCUT2D eigenvalue weighted by Crippen LogP contribution is -2.52. The maximum absolute atomic E-state index is 12.8. The van der Waals surface area contributed by atoms with Crippen LogP contribution < -0.4 is 0 Å². The van der Waals surface area contributed by atoms with Crippen LogP contribution in [-0.2, 0) is 16.1 Å². The molecule has 3 nitrogen and oxygen atoms in total. The van der Waals surface area contributed by atoms with Gasteiger partial charge in [-0.1, -0.05) is 30.3 Å². The molecule has 1 fully saturated rings. The van der Waals surface area contributed by atoms with Gasteiger partial charge in [-0.05, 0) is 5.56 Å². The molecule has 0 saturated carbocycles. The fourth-order valence-corrected chi connectivity index (χ4v) is 1.82. The molecule has 1 heterocycles. The number of nitrogens with zero attached hydrogens (tertiary/aromatic N) is 1. The first-order chi connectivity index (χ1) is 8.18. The normalized spacial score (nSPS) is 21.0.